The summed E-state index contributed by atoms with van der Waals surface area (Å²) in [6, 6.07) is 12.8. The van der Waals surface area contributed by atoms with Crippen LogP contribution in [0.25, 0.3) is 11.4 Å². The number of benzene rings is 2. The van der Waals surface area contributed by atoms with Crippen LogP contribution < -0.4 is 14.8 Å². The summed E-state index contributed by atoms with van der Waals surface area (Å²) in [5.74, 6) is 1.39. The Labute approximate surface area is 174 Å². The third kappa shape index (κ3) is 5.22. The molecule has 0 spiro atoms. The van der Waals surface area contributed by atoms with Crippen molar-refractivity contribution in [2.24, 2.45) is 0 Å². The number of nitrogens with zero attached hydrogens (tertiary/aromatic N) is 2. The van der Waals surface area contributed by atoms with E-state index in [0.29, 0.717) is 17.2 Å². The lowest BCUT2D eigenvalue weighted by Gasteiger charge is -2.10. The molecule has 0 fully saturated rings. The Morgan fingerprint density at radius 3 is 2.37 bits per heavy atom. The Morgan fingerprint density at radius 1 is 1.10 bits per heavy atom. The Hall–Kier alpha value is -3.24. The molecule has 3 aromatic rings. The van der Waals surface area contributed by atoms with Gasteiger partial charge in [0.25, 0.3) is 5.91 Å². The number of aromatic nitrogens is 3. The molecular weight excluding hydrogens is 406 g/mol. The van der Waals surface area contributed by atoms with E-state index >= 15 is 0 Å². The Kier molecular flexibility index (Phi) is 6.48. The van der Waals surface area contributed by atoms with E-state index in [1.165, 1.54) is 24.3 Å². The van der Waals surface area contributed by atoms with Gasteiger partial charge in [-0.2, -0.15) is 5.10 Å². The number of rotatable bonds is 8. The van der Waals surface area contributed by atoms with Gasteiger partial charge in [-0.1, -0.05) is 0 Å². The van der Waals surface area contributed by atoms with E-state index in [-0.39, 0.29) is 23.4 Å². The summed E-state index contributed by atoms with van der Waals surface area (Å²) in [5, 5.41) is 9.68. The summed E-state index contributed by atoms with van der Waals surface area (Å²) < 4.78 is 31.9. The first-order valence-corrected chi connectivity index (χ1v) is 10.7. The van der Waals surface area contributed by atoms with Crippen molar-refractivity contribution in [2.45, 2.75) is 31.3 Å². The number of nitrogens with one attached hydrogen (secondary N) is 3. The van der Waals surface area contributed by atoms with Gasteiger partial charge in [-0.05, 0) is 62.4 Å². The van der Waals surface area contributed by atoms with E-state index in [1.54, 1.807) is 21.0 Å². The van der Waals surface area contributed by atoms with Gasteiger partial charge in [-0.3, -0.25) is 9.89 Å². The molecule has 158 valence electrons. The van der Waals surface area contributed by atoms with Crippen LogP contribution in [0, 0.1) is 0 Å². The monoisotopic (exact) mass is 429 g/mol. The second-order valence-corrected chi connectivity index (χ2v) is 8.53. The second kappa shape index (κ2) is 9.06. The van der Waals surface area contributed by atoms with Gasteiger partial charge in [0.1, 0.15) is 11.6 Å². The molecule has 3 rings (SSSR count). The molecule has 30 heavy (non-hydrogen) atoms. The number of hydrogen-bond donors (Lipinski definition) is 3. The maximum absolute atomic E-state index is 12.4. The number of carbonyl (C=O) groups is 1. The smallest absolute Gasteiger partial charge is 0.251 e. The van der Waals surface area contributed by atoms with E-state index in [1.807, 2.05) is 24.3 Å². The van der Waals surface area contributed by atoms with E-state index in [9.17, 15) is 13.2 Å². The summed E-state index contributed by atoms with van der Waals surface area (Å²) >= 11 is 0. The quantitative estimate of drug-likeness (QED) is 0.503. The van der Waals surface area contributed by atoms with E-state index < -0.39 is 10.0 Å². The first kappa shape index (κ1) is 21.5. The van der Waals surface area contributed by atoms with E-state index in [2.05, 4.69) is 25.2 Å². The van der Waals surface area contributed by atoms with Gasteiger partial charge in [-0.15, -0.1) is 0 Å². The SMILES string of the molecule is COc1ccc(-c2n[nH]c(CNC(=O)c3ccc(S(=O)(=O)NC(C)C)cc3)n2)cc1. The standard InChI is InChI=1S/C20H23N5O4S/c1-13(2)25-30(27,28)17-10-6-15(7-11-17)20(26)21-12-18-22-19(24-23-18)14-4-8-16(29-3)9-5-14/h4-11,13,25H,12H2,1-3H3,(H,21,26)(H,22,23,24). The summed E-state index contributed by atoms with van der Waals surface area (Å²) in [6.45, 7) is 3.63. The normalized spacial score (nSPS) is 11.5. The Bertz CT molecular complexity index is 1110. The summed E-state index contributed by atoms with van der Waals surface area (Å²) in [7, 11) is -2.00. The van der Waals surface area contributed by atoms with Crippen molar-refractivity contribution in [1.29, 1.82) is 0 Å². The third-order valence-electron chi connectivity index (χ3n) is 4.11. The highest BCUT2D eigenvalue weighted by Gasteiger charge is 2.16. The van der Waals surface area contributed by atoms with Gasteiger partial charge in [0.15, 0.2) is 5.82 Å². The van der Waals surface area contributed by atoms with Crippen LogP contribution in [0.3, 0.4) is 0 Å². The van der Waals surface area contributed by atoms with Crippen molar-refractivity contribution in [3.05, 3.63) is 59.9 Å². The molecule has 0 unspecified atom stereocenters. The molecule has 0 atom stereocenters. The maximum atomic E-state index is 12.4. The molecule has 0 aliphatic rings. The van der Waals surface area contributed by atoms with Crippen molar-refractivity contribution in [3.8, 4) is 17.1 Å². The lowest BCUT2D eigenvalue weighted by molar-refractivity contribution is 0.0950. The maximum Gasteiger partial charge on any atom is 0.251 e. The highest BCUT2D eigenvalue weighted by molar-refractivity contribution is 7.89. The first-order chi connectivity index (χ1) is 14.3. The molecule has 0 saturated carbocycles. The number of H-pyrrole nitrogens is 1. The van der Waals surface area contributed by atoms with Crippen LogP contribution in [0.15, 0.2) is 53.4 Å². The van der Waals surface area contributed by atoms with Crippen LogP contribution in [0.4, 0.5) is 0 Å². The molecule has 2 aromatic carbocycles. The minimum absolute atomic E-state index is 0.104. The number of hydrogen-bond acceptors (Lipinski definition) is 6. The fraction of sp³-hybridized carbons (Fsp3) is 0.250. The van der Waals surface area contributed by atoms with Gasteiger partial charge in [0, 0.05) is 17.2 Å². The van der Waals surface area contributed by atoms with Crippen LogP contribution in [0.2, 0.25) is 0 Å². The van der Waals surface area contributed by atoms with Gasteiger partial charge in [-0.25, -0.2) is 18.1 Å². The molecule has 3 N–H and O–H groups in total. The molecule has 0 radical (unpaired) electrons. The third-order valence-corrected chi connectivity index (χ3v) is 5.79. The number of sulfonamides is 1. The number of carbonyl (C=O) groups excluding carboxylic acids is 1. The predicted octanol–water partition coefficient (Wildman–Crippen LogP) is 2.10. The molecule has 0 bridgehead atoms. The molecule has 1 amide bonds. The lowest BCUT2D eigenvalue weighted by Crippen LogP contribution is -2.30. The highest BCUT2D eigenvalue weighted by Crippen LogP contribution is 2.19. The zero-order valence-electron chi connectivity index (χ0n) is 16.8. The van der Waals surface area contributed by atoms with Gasteiger partial charge >= 0.3 is 0 Å². The number of methoxy groups -OCH3 is 1. The Morgan fingerprint density at radius 2 is 1.77 bits per heavy atom. The van der Waals surface area contributed by atoms with E-state index in [0.717, 1.165) is 11.3 Å². The molecule has 0 saturated heterocycles. The molecule has 1 heterocycles. The molecule has 10 heteroatoms. The van der Waals surface area contributed by atoms with Crippen molar-refractivity contribution < 1.29 is 17.9 Å². The lowest BCUT2D eigenvalue weighted by atomic mass is 10.2. The number of amides is 1. The van der Waals surface area contributed by atoms with Crippen LogP contribution in [0.5, 0.6) is 5.75 Å². The molecular formula is C20H23N5O4S. The summed E-state index contributed by atoms with van der Waals surface area (Å²) in [4.78, 5) is 16.8. The topological polar surface area (TPSA) is 126 Å². The molecule has 1 aromatic heterocycles. The molecule has 9 nitrogen and oxygen atoms in total. The van der Waals surface area contributed by atoms with Crippen LogP contribution in [-0.4, -0.2) is 42.7 Å². The zero-order chi connectivity index (χ0) is 21.7. The average Bonchev–Trinajstić information content (AvgIpc) is 3.20. The average molecular weight is 430 g/mol. The highest BCUT2D eigenvalue weighted by atomic mass is 32.2. The fourth-order valence-corrected chi connectivity index (χ4v) is 3.92. The molecule has 0 aliphatic heterocycles. The van der Waals surface area contributed by atoms with Crippen molar-refractivity contribution in [3.63, 3.8) is 0 Å². The zero-order valence-corrected chi connectivity index (χ0v) is 17.7. The van der Waals surface area contributed by atoms with Gasteiger partial charge in [0.2, 0.25) is 10.0 Å². The van der Waals surface area contributed by atoms with Crippen molar-refractivity contribution >= 4 is 15.9 Å². The number of aromatic amines is 1. The molecule has 0 aliphatic carbocycles. The summed E-state index contributed by atoms with van der Waals surface area (Å²) in [5.41, 5.74) is 1.16. The largest absolute Gasteiger partial charge is 0.497 e. The van der Waals surface area contributed by atoms with Crippen molar-refractivity contribution in [2.75, 3.05) is 7.11 Å². The Balaban J connectivity index is 1.61. The van der Waals surface area contributed by atoms with Gasteiger partial charge < -0.3 is 10.1 Å². The van der Waals surface area contributed by atoms with Crippen LogP contribution in [0.1, 0.15) is 30.0 Å². The van der Waals surface area contributed by atoms with Crippen LogP contribution in [-0.2, 0) is 16.6 Å². The predicted molar refractivity (Wildman–Crippen MR) is 111 cm³/mol. The minimum Gasteiger partial charge on any atom is -0.497 e. The van der Waals surface area contributed by atoms with Crippen molar-refractivity contribution in [1.82, 2.24) is 25.2 Å². The van der Waals surface area contributed by atoms with Gasteiger partial charge in [0.05, 0.1) is 18.6 Å². The second-order valence-electron chi connectivity index (χ2n) is 6.82. The van der Waals surface area contributed by atoms with E-state index in [4.69, 9.17) is 4.74 Å². The van der Waals surface area contributed by atoms with Crippen LogP contribution >= 0.6 is 0 Å². The first-order valence-electron chi connectivity index (χ1n) is 9.25. The number of ether oxygens (including phenoxy) is 1. The summed E-state index contributed by atoms with van der Waals surface area (Å²) in [6.07, 6.45) is 0. The minimum atomic E-state index is -3.60. The fourth-order valence-electron chi connectivity index (χ4n) is 2.67.